The molecule has 5 fully saturated rings. The van der Waals surface area contributed by atoms with Gasteiger partial charge in [0.05, 0.1) is 0 Å². The lowest BCUT2D eigenvalue weighted by molar-refractivity contribution is -0.130. The number of urea groups is 1. The summed E-state index contributed by atoms with van der Waals surface area (Å²) in [5.74, 6) is 2.55. The van der Waals surface area contributed by atoms with Crippen molar-refractivity contribution in [2.24, 2.45) is 23.5 Å². The van der Waals surface area contributed by atoms with E-state index in [1.807, 2.05) is 4.90 Å². The maximum atomic E-state index is 12.3. The summed E-state index contributed by atoms with van der Waals surface area (Å²) in [6.07, 6.45) is 8.80. The van der Waals surface area contributed by atoms with E-state index >= 15 is 0 Å². The average Bonchev–Trinajstić information content (AvgIpc) is 2.91. The van der Waals surface area contributed by atoms with E-state index < -0.39 is 0 Å². The monoisotopic (exact) mass is 370 g/mol. The van der Waals surface area contributed by atoms with Crippen LogP contribution in [0.25, 0.3) is 0 Å². The molecule has 1 aliphatic heterocycles. The van der Waals surface area contributed by atoms with Crippen LogP contribution in [-0.2, 0) is 4.79 Å². The molecule has 1 saturated heterocycles. The van der Waals surface area contributed by atoms with Crippen molar-refractivity contribution in [3.8, 4) is 0 Å². The van der Waals surface area contributed by atoms with E-state index in [1.165, 1.54) is 19.3 Å². The second-order valence-corrected chi connectivity index (χ2v) is 8.72. The zero-order valence-electron chi connectivity index (χ0n) is 14.8. The number of nitrogens with zero attached hydrogens (tertiary/aromatic N) is 1. The largest absolute Gasteiger partial charge is 0.341 e. The van der Waals surface area contributed by atoms with E-state index in [-0.39, 0.29) is 35.9 Å². The van der Waals surface area contributed by atoms with Crippen molar-refractivity contribution in [2.45, 2.75) is 62.9 Å². The standard InChI is InChI=1S/C18H30N4O2.ClH/c19-15-2-4-22(11-15)16(23)1-3-20-17(24)21-18-8-12-5-13(9-18)7-14(6-12)10-18;/h12-15H,1-11,19H2,(H2,20,21,24);1H/t12?,13?,14?,15-,18?;/m1./s1. The fourth-order valence-electron chi connectivity index (χ4n) is 6.00. The van der Waals surface area contributed by atoms with Gasteiger partial charge in [-0.2, -0.15) is 0 Å². The van der Waals surface area contributed by atoms with E-state index in [0.29, 0.717) is 19.5 Å². The van der Waals surface area contributed by atoms with E-state index in [9.17, 15) is 9.59 Å². The van der Waals surface area contributed by atoms with E-state index in [0.717, 1.165) is 50.0 Å². The number of hydrogen-bond acceptors (Lipinski definition) is 3. The molecule has 0 aromatic carbocycles. The van der Waals surface area contributed by atoms with Gasteiger partial charge in [0.15, 0.2) is 0 Å². The molecular weight excluding hydrogens is 340 g/mol. The molecule has 0 aromatic rings. The molecule has 1 atom stereocenters. The van der Waals surface area contributed by atoms with Crippen molar-refractivity contribution in [3.63, 3.8) is 0 Å². The fraction of sp³-hybridized carbons (Fsp3) is 0.889. The number of carbonyl (C=O) groups is 2. The first kappa shape index (κ1) is 18.8. The van der Waals surface area contributed by atoms with E-state index in [4.69, 9.17) is 5.73 Å². The van der Waals surface area contributed by atoms with Gasteiger partial charge < -0.3 is 21.3 Å². The van der Waals surface area contributed by atoms with Crippen LogP contribution in [0.3, 0.4) is 0 Å². The van der Waals surface area contributed by atoms with Gasteiger partial charge in [-0.25, -0.2) is 4.79 Å². The van der Waals surface area contributed by atoms with Gasteiger partial charge in [-0.1, -0.05) is 0 Å². The fourth-order valence-corrected chi connectivity index (χ4v) is 6.00. The first-order chi connectivity index (χ1) is 11.5. The Bertz CT molecular complexity index is 492. The van der Waals surface area contributed by atoms with Gasteiger partial charge in [-0.15, -0.1) is 12.4 Å². The molecule has 3 amide bonds. The molecule has 0 unspecified atom stereocenters. The third kappa shape index (κ3) is 4.05. The molecule has 4 bridgehead atoms. The van der Waals surface area contributed by atoms with Crippen LogP contribution in [0.4, 0.5) is 4.79 Å². The summed E-state index contributed by atoms with van der Waals surface area (Å²) in [7, 11) is 0. The smallest absolute Gasteiger partial charge is 0.315 e. The third-order valence-electron chi connectivity index (χ3n) is 6.62. The van der Waals surface area contributed by atoms with E-state index in [1.54, 1.807) is 0 Å². The van der Waals surface area contributed by atoms with Crippen LogP contribution in [-0.4, -0.2) is 48.1 Å². The van der Waals surface area contributed by atoms with Crippen LogP contribution in [0.5, 0.6) is 0 Å². The number of nitrogens with one attached hydrogen (secondary N) is 2. The Balaban J connectivity index is 0.00000182. The Morgan fingerprint density at radius 3 is 2.20 bits per heavy atom. The predicted molar refractivity (Wildman–Crippen MR) is 98.5 cm³/mol. The second-order valence-electron chi connectivity index (χ2n) is 8.72. The Labute approximate surface area is 156 Å². The third-order valence-corrected chi connectivity index (χ3v) is 6.62. The molecule has 0 radical (unpaired) electrons. The molecule has 5 rings (SSSR count). The van der Waals surface area contributed by atoms with Gasteiger partial charge in [0.25, 0.3) is 0 Å². The van der Waals surface area contributed by atoms with Crippen LogP contribution in [0, 0.1) is 17.8 Å². The number of halogens is 1. The van der Waals surface area contributed by atoms with Crippen LogP contribution in [0.15, 0.2) is 0 Å². The van der Waals surface area contributed by atoms with E-state index in [2.05, 4.69) is 10.6 Å². The van der Waals surface area contributed by atoms with Gasteiger partial charge in [0, 0.05) is 37.6 Å². The summed E-state index contributed by atoms with van der Waals surface area (Å²) < 4.78 is 0. The number of hydrogen-bond donors (Lipinski definition) is 3. The maximum Gasteiger partial charge on any atom is 0.315 e. The molecule has 0 aromatic heterocycles. The normalized spacial score (nSPS) is 38.4. The number of nitrogens with two attached hydrogens (primary N) is 1. The molecular formula is C18H31ClN4O2. The molecule has 6 nitrogen and oxygen atoms in total. The van der Waals surface area contributed by atoms with Crippen LogP contribution in [0.2, 0.25) is 0 Å². The maximum absolute atomic E-state index is 12.3. The van der Waals surface area contributed by atoms with Gasteiger partial charge in [0.1, 0.15) is 0 Å². The summed E-state index contributed by atoms with van der Waals surface area (Å²) in [6.45, 7) is 1.81. The van der Waals surface area contributed by atoms with Crippen molar-refractivity contribution in [1.29, 1.82) is 0 Å². The lowest BCUT2D eigenvalue weighted by Crippen LogP contribution is -2.61. The molecule has 4 N–H and O–H groups in total. The Hall–Kier alpha value is -1.01. The average molecular weight is 371 g/mol. The van der Waals surface area contributed by atoms with Gasteiger partial charge in [0.2, 0.25) is 5.91 Å². The highest BCUT2D eigenvalue weighted by atomic mass is 35.5. The predicted octanol–water partition coefficient (Wildman–Crippen LogP) is 1.63. The molecule has 4 saturated carbocycles. The second kappa shape index (κ2) is 7.31. The minimum absolute atomic E-state index is 0. The van der Waals surface area contributed by atoms with Crippen LogP contribution < -0.4 is 16.4 Å². The summed E-state index contributed by atoms with van der Waals surface area (Å²) >= 11 is 0. The summed E-state index contributed by atoms with van der Waals surface area (Å²) in [5.41, 5.74) is 5.86. The zero-order valence-corrected chi connectivity index (χ0v) is 15.7. The molecule has 7 heteroatoms. The van der Waals surface area contributed by atoms with Crippen molar-refractivity contribution in [3.05, 3.63) is 0 Å². The molecule has 4 aliphatic carbocycles. The lowest BCUT2D eigenvalue weighted by Gasteiger charge is -2.56. The number of amides is 3. The highest BCUT2D eigenvalue weighted by Gasteiger charge is 2.51. The van der Waals surface area contributed by atoms with Crippen molar-refractivity contribution < 1.29 is 9.59 Å². The Morgan fingerprint density at radius 1 is 1.08 bits per heavy atom. The minimum atomic E-state index is -0.0946. The highest BCUT2D eigenvalue weighted by Crippen LogP contribution is 2.55. The Kier molecular flexibility index (Phi) is 5.49. The number of carbonyl (C=O) groups excluding carboxylic acids is 2. The number of likely N-dealkylation sites (tertiary alicyclic amines) is 1. The summed E-state index contributed by atoms with van der Waals surface area (Å²) in [6, 6.07) is 0.0177. The molecule has 142 valence electrons. The first-order valence-corrected chi connectivity index (χ1v) is 9.61. The van der Waals surface area contributed by atoms with Crippen LogP contribution in [0.1, 0.15) is 51.4 Å². The van der Waals surface area contributed by atoms with Crippen molar-refractivity contribution in [1.82, 2.24) is 15.5 Å². The molecule has 1 heterocycles. The lowest BCUT2D eigenvalue weighted by atomic mass is 9.53. The molecule has 0 spiro atoms. The number of rotatable bonds is 4. The molecule has 25 heavy (non-hydrogen) atoms. The first-order valence-electron chi connectivity index (χ1n) is 9.61. The minimum Gasteiger partial charge on any atom is -0.341 e. The molecule has 5 aliphatic rings. The highest BCUT2D eigenvalue weighted by molar-refractivity contribution is 5.85. The van der Waals surface area contributed by atoms with Gasteiger partial charge >= 0.3 is 6.03 Å². The Morgan fingerprint density at radius 2 is 1.68 bits per heavy atom. The quantitative estimate of drug-likeness (QED) is 0.702. The summed E-state index contributed by atoms with van der Waals surface area (Å²) in [5, 5.41) is 6.17. The van der Waals surface area contributed by atoms with Crippen molar-refractivity contribution in [2.75, 3.05) is 19.6 Å². The van der Waals surface area contributed by atoms with Crippen LogP contribution >= 0.6 is 12.4 Å². The zero-order chi connectivity index (χ0) is 16.7. The topological polar surface area (TPSA) is 87.5 Å². The summed E-state index contributed by atoms with van der Waals surface area (Å²) in [4.78, 5) is 26.2. The SMILES string of the molecule is Cl.N[C@@H]1CCN(C(=O)CCNC(=O)NC23CC4CC(CC(C4)C2)C3)C1. The van der Waals surface area contributed by atoms with Gasteiger partial charge in [-0.05, 0) is 62.7 Å². The van der Waals surface area contributed by atoms with Crippen molar-refractivity contribution >= 4 is 24.3 Å². The van der Waals surface area contributed by atoms with Gasteiger partial charge in [-0.3, -0.25) is 4.79 Å².